The lowest BCUT2D eigenvalue weighted by molar-refractivity contribution is 0.0697. The first-order valence-corrected chi connectivity index (χ1v) is 6.18. The Labute approximate surface area is 119 Å². The van der Waals surface area contributed by atoms with Crippen LogP contribution in [0.15, 0.2) is 36.5 Å². The molecule has 0 saturated heterocycles. The van der Waals surface area contributed by atoms with E-state index in [1.54, 1.807) is 19.1 Å². The van der Waals surface area contributed by atoms with Gasteiger partial charge in [-0.1, -0.05) is 11.6 Å². The Morgan fingerprint density at radius 3 is 2.62 bits per heavy atom. The van der Waals surface area contributed by atoms with Crippen LogP contribution in [0.1, 0.15) is 36.8 Å². The number of benzene rings is 1. The molecule has 6 heteroatoms. The van der Waals surface area contributed by atoms with Crippen molar-refractivity contribution in [1.82, 2.24) is 4.98 Å². The van der Waals surface area contributed by atoms with Gasteiger partial charge < -0.3 is 5.11 Å². The van der Waals surface area contributed by atoms with E-state index in [2.05, 4.69) is 4.98 Å². The van der Waals surface area contributed by atoms with Crippen LogP contribution >= 0.6 is 0 Å². The van der Waals surface area contributed by atoms with Gasteiger partial charge >= 0.3 is 5.97 Å². The number of nitrogens with zero attached hydrogens (tertiary/aromatic N) is 2. The summed E-state index contributed by atoms with van der Waals surface area (Å²) in [6.07, 6.45) is 1.42. The van der Waals surface area contributed by atoms with E-state index in [4.69, 9.17) is 0 Å². The lowest BCUT2D eigenvalue weighted by atomic mass is 10.1. The standard InChI is InChI=1S/C15H10N2O4/c1-8-4-5-11(10(7-8)15(20)21)17-13(18)9-3-2-6-16-12(9)14(17)19/h2-7H,1H3,(H,20,21). The number of carbonyl (C=O) groups is 3. The molecule has 0 aliphatic carbocycles. The summed E-state index contributed by atoms with van der Waals surface area (Å²) in [5.41, 5.74) is 0.912. The van der Waals surface area contributed by atoms with Crippen LogP contribution in [-0.2, 0) is 0 Å². The molecule has 0 radical (unpaired) electrons. The zero-order valence-corrected chi connectivity index (χ0v) is 11.0. The maximum absolute atomic E-state index is 12.3. The molecule has 0 unspecified atom stereocenters. The molecule has 104 valence electrons. The molecule has 0 atom stereocenters. The SMILES string of the molecule is Cc1ccc(N2C(=O)c3cccnc3C2=O)c(C(=O)O)c1. The van der Waals surface area contributed by atoms with Crippen LogP contribution in [0.4, 0.5) is 5.69 Å². The number of rotatable bonds is 2. The predicted octanol–water partition coefficient (Wildman–Crippen LogP) is 1.89. The predicted molar refractivity (Wildman–Crippen MR) is 73.5 cm³/mol. The second-order valence-electron chi connectivity index (χ2n) is 4.67. The maximum Gasteiger partial charge on any atom is 0.337 e. The summed E-state index contributed by atoms with van der Waals surface area (Å²) < 4.78 is 0. The van der Waals surface area contributed by atoms with E-state index in [1.165, 1.54) is 24.4 Å². The number of aryl methyl sites for hydroxylation is 1. The molecule has 6 nitrogen and oxygen atoms in total. The second kappa shape index (κ2) is 4.52. The lowest BCUT2D eigenvalue weighted by Crippen LogP contribution is -2.31. The number of hydrogen-bond acceptors (Lipinski definition) is 4. The van der Waals surface area contributed by atoms with Gasteiger partial charge in [-0.3, -0.25) is 14.6 Å². The number of hydrogen-bond donors (Lipinski definition) is 1. The number of amides is 2. The molecule has 1 aliphatic heterocycles. The van der Waals surface area contributed by atoms with E-state index < -0.39 is 17.8 Å². The van der Waals surface area contributed by atoms with Crippen LogP contribution in [0, 0.1) is 6.92 Å². The number of aromatic nitrogens is 1. The molecule has 0 bridgehead atoms. The third kappa shape index (κ3) is 1.88. The molecule has 1 N–H and O–H groups in total. The van der Waals surface area contributed by atoms with E-state index >= 15 is 0 Å². The van der Waals surface area contributed by atoms with Crippen molar-refractivity contribution >= 4 is 23.5 Å². The fourth-order valence-corrected chi connectivity index (χ4v) is 2.30. The topological polar surface area (TPSA) is 87.6 Å². The summed E-state index contributed by atoms with van der Waals surface area (Å²) in [6, 6.07) is 7.59. The van der Waals surface area contributed by atoms with Gasteiger partial charge in [0.1, 0.15) is 5.69 Å². The Kier molecular flexibility index (Phi) is 2.79. The number of fused-ring (bicyclic) bond motifs is 1. The first-order chi connectivity index (χ1) is 10.0. The third-order valence-corrected chi connectivity index (χ3v) is 3.27. The highest BCUT2D eigenvalue weighted by molar-refractivity contribution is 6.34. The van der Waals surface area contributed by atoms with Crippen molar-refractivity contribution in [3.63, 3.8) is 0 Å². The number of carboxylic acids is 1. The number of imide groups is 1. The number of pyridine rings is 1. The van der Waals surface area contributed by atoms with Crippen molar-refractivity contribution in [2.75, 3.05) is 4.90 Å². The minimum Gasteiger partial charge on any atom is -0.478 e. The highest BCUT2D eigenvalue weighted by Gasteiger charge is 2.39. The van der Waals surface area contributed by atoms with Crippen LogP contribution in [0.3, 0.4) is 0 Å². The lowest BCUT2D eigenvalue weighted by Gasteiger charge is -2.16. The minimum atomic E-state index is -1.20. The average molecular weight is 282 g/mol. The molecule has 2 aromatic rings. The maximum atomic E-state index is 12.3. The molecule has 2 heterocycles. The summed E-state index contributed by atoms with van der Waals surface area (Å²) in [5, 5.41) is 9.28. The van der Waals surface area contributed by atoms with Crippen molar-refractivity contribution < 1.29 is 19.5 Å². The highest BCUT2D eigenvalue weighted by Crippen LogP contribution is 2.30. The summed E-state index contributed by atoms with van der Waals surface area (Å²) >= 11 is 0. The summed E-state index contributed by atoms with van der Waals surface area (Å²) in [4.78, 5) is 40.8. The molecule has 1 aromatic heterocycles. The molecule has 1 aromatic carbocycles. The highest BCUT2D eigenvalue weighted by atomic mass is 16.4. The van der Waals surface area contributed by atoms with Crippen molar-refractivity contribution in [2.24, 2.45) is 0 Å². The molecule has 0 fully saturated rings. The first kappa shape index (κ1) is 13.0. The number of carbonyl (C=O) groups excluding carboxylic acids is 2. The van der Waals surface area contributed by atoms with E-state index in [9.17, 15) is 19.5 Å². The van der Waals surface area contributed by atoms with Crippen LogP contribution in [0.25, 0.3) is 0 Å². The molecule has 0 spiro atoms. The Balaban J connectivity index is 2.18. The minimum absolute atomic E-state index is 0.0411. The Morgan fingerprint density at radius 2 is 1.95 bits per heavy atom. The van der Waals surface area contributed by atoms with Gasteiger partial charge in [0.15, 0.2) is 0 Å². The number of carboxylic acid groups (broad SMARTS) is 1. The molecule has 3 rings (SSSR count). The van der Waals surface area contributed by atoms with Gasteiger partial charge in [0.2, 0.25) is 0 Å². The summed E-state index contributed by atoms with van der Waals surface area (Å²) in [6.45, 7) is 1.74. The van der Waals surface area contributed by atoms with Gasteiger partial charge in [-0.05, 0) is 31.2 Å². The number of anilines is 1. The Morgan fingerprint density at radius 1 is 1.19 bits per heavy atom. The van der Waals surface area contributed by atoms with Gasteiger partial charge in [0.25, 0.3) is 11.8 Å². The van der Waals surface area contributed by atoms with Gasteiger partial charge in [-0.2, -0.15) is 0 Å². The van der Waals surface area contributed by atoms with Gasteiger partial charge in [0.05, 0.1) is 16.8 Å². The van der Waals surface area contributed by atoms with Crippen molar-refractivity contribution in [2.45, 2.75) is 6.92 Å². The van der Waals surface area contributed by atoms with E-state index in [0.29, 0.717) is 0 Å². The van der Waals surface area contributed by atoms with Crippen molar-refractivity contribution in [1.29, 1.82) is 0 Å². The fourth-order valence-electron chi connectivity index (χ4n) is 2.30. The van der Waals surface area contributed by atoms with Crippen molar-refractivity contribution in [3.05, 3.63) is 58.9 Å². The van der Waals surface area contributed by atoms with Gasteiger partial charge in [-0.25, -0.2) is 9.69 Å². The van der Waals surface area contributed by atoms with Crippen molar-refractivity contribution in [3.8, 4) is 0 Å². The molecule has 2 amide bonds. The second-order valence-corrected chi connectivity index (χ2v) is 4.67. The fraction of sp³-hybridized carbons (Fsp3) is 0.0667. The Hall–Kier alpha value is -3.02. The van der Waals surface area contributed by atoms with Gasteiger partial charge in [-0.15, -0.1) is 0 Å². The molecule has 1 aliphatic rings. The monoisotopic (exact) mass is 282 g/mol. The quantitative estimate of drug-likeness (QED) is 0.850. The smallest absolute Gasteiger partial charge is 0.337 e. The van der Waals surface area contributed by atoms with Crippen LogP contribution < -0.4 is 4.90 Å². The Bertz CT molecular complexity index is 763. The van der Waals surface area contributed by atoms with E-state index in [-0.39, 0.29) is 22.5 Å². The summed E-state index contributed by atoms with van der Waals surface area (Å²) in [5.74, 6) is -2.37. The third-order valence-electron chi connectivity index (χ3n) is 3.27. The largest absolute Gasteiger partial charge is 0.478 e. The van der Waals surface area contributed by atoms with E-state index in [1.807, 2.05) is 0 Å². The molecular weight excluding hydrogens is 272 g/mol. The van der Waals surface area contributed by atoms with Crippen LogP contribution in [-0.4, -0.2) is 27.9 Å². The normalized spacial score (nSPS) is 13.5. The van der Waals surface area contributed by atoms with Gasteiger partial charge in [0, 0.05) is 6.20 Å². The summed E-state index contributed by atoms with van der Waals surface area (Å²) in [7, 11) is 0. The molecular formula is C15H10N2O4. The van der Waals surface area contributed by atoms with Crippen LogP contribution in [0.2, 0.25) is 0 Å². The van der Waals surface area contributed by atoms with Crippen LogP contribution in [0.5, 0.6) is 0 Å². The zero-order valence-electron chi connectivity index (χ0n) is 11.0. The molecule has 21 heavy (non-hydrogen) atoms. The van der Waals surface area contributed by atoms with E-state index in [0.717, 1.165) is 10.5 Å². The molecule has 0 saturated carbocycles. The average Bonchev–Trinajstić information content (AvgIpc) is 2.72. The first-order valence-electron chi connectivity index (χ1n) is 6.18. The number of aromatic carboxylic acids is 1. The zero-order chi connectivity index (χ0) is 15.1.